The summed E-state index contributed by atoms with van der Waals surface area (Å²) in [4.78, 5) is 9.93. The Morgan fingerprint density at radius 1 is 0.882 bits per heavy atom. The van der Waals surface area contributed by atoms with E-state index in [4.69, 9.17) is 18.8 Å². The Balaban J connectivity index is 0.000000770. The van der Waals surface area contributed by atoms with Crippen molar-refractivity contribution in [2.45, 2.75) is 28.2 Å². The predicted molar refractivity (Wildman–Crippen MR) is 80.5 cm³/mol. The molecule has 0 radical (unpaired) electrons. The molecule has 1 aromatic carbocycles. The van der Waals surface area contributed by atoms with Crippen LogP contribution < -0.4 is 0 Å². The van der Waals surface area contributed by atoms with Crippen molar-refractivity contribution in [1.82, 2.24) is 0 Å². The van der Waals surface area contributed by atoms with Gasteiger partial charge in [0.05, 0.1) is 0 Å². The molecule has 0 aliphatic carbocycles. The van der Waals surface area contributed by atoms with E-state index < -0.39 is 56.9 Å². The van der Waals surface area contributed by atoms with Gasteiger partial charge in [0.2, 0.25) is 0 Å². The van der Waals surface area contributed by atoms with Gasteiger partial charge in [0.1, 0.15) is 0 Å². The van der Waals surface area contributed by atoms with E-state index in [0.29, 0.717) is 0 Å². The van der Waals surface area contributed by atoms with E-state index in [0.717, 1.165) is 0 Å². The van der Waals surface area contributed by atoms with Crippen LogP contribution in [0.4, 0.5) is 0 Å². The molecule has 0 fully saturated rings. The Bertz CT molecular complexity index is 277. The molecule has 17 heavy (non-hydrogen) atoms. The Labute approximate surface area is 137 Å². The average molecular weight is 674 g/mol. The van der Waals surface area contributed by atoms with Crippen LogP contribution in [0.3, 0.4) is 0 Å². The Morgan fingerprint density at radius 3 is 1.41 bits per heavy atom. The molecule has 0 saturated carbocycles. The molecule has 5 heteroatoms. The van der Waals surface area contributed by atoms with E-state index >= 15 is 0 Å². The van der Waals surface area contributed by atoms with Crippen LogP contribution in [0.5, 0.6) is 0 Å². The standard InChI is InChI=1S/C8H8.4CH3.2ClH.Pt.2Sb/c1-7-5-3-4-6-8(7)2;;;;;;;;;/h3-6H,1-2H2;4*1H3;2*1H;;;/q;;;;;;;+2;;/p-2. The molecule has 0 spiro atoms. The first-order chi connectivity index (χ1) is 8.01. The van der Waals surface area contributed by atoms with E-state index in [2.05, 4.69) is 43.7 Å². The summed E-state index contributed by atoms with van der Waals surface area (Å²) in [5.74, 6) is 0. The third-order valence-corrected chi connectivity index (χ3v) is 7.65. The number of rotatable bonds is 4. The van der Waals surface area contributed by atoms with Crippen LogP contribution in [0.25, 0.3) is 0 Å². The first-order valence-electron chi connectivity index (χ1n) is 5.19. The van der Waals surface area contributed by atoms with Crippen molar-refractivity contribution in [3.63, 3.8) is 0 Å². The van der Waals surface area contributed by atoms with Crippen LogP contribution in [0.1, 0.15) is 11.1 Å². The maximum absolute atomic E-state index is 4.88. The van der Waals surface area contributed by atoms with E-state index in [1.807, 2.05) is 0 Å². The first kappa shape index (κ1) is 19.1. The summed E-state index contributed by atoms with van der Waals surface area (Å²) < 4.78 is 2.85. The molecule has 0 bridgehead atoms. The third-order valence-electron chi connectivity index (χ3n) is 2.09. The molecule has 0 saturated heterocycles. The van der Waals surface area contributed by atoms with Crippen molar-refractivity contribution in [3.05, 3.63) is 35.4 Å². The summed E-state index contributed by atoms with van der Waals surface area (Å²) >= 11 is -2.16. The van der Waals surface area contributed by atoms with Crippen LogP contribution in [-0.4, -0.2) is 40.4 Å². The van der Waals surface area contributed by atoms with Crippen molar-refractivity contribution in [2.24, 2.45) is 0 Å². The molecule has 0 atom stereocenters. The predicted octanol–water partition coefficient (Wildman–Crippen LogP) is 4.74. The fourth-order valence-electron chi connectivity index (χ4n) is 1.55. The topological polar surface area (TPSA) is 0 Å². The summed E-state index contributed by atoms with van der Waals surface area (Å²) in [5.41, 5.74) is 3.33. The van der Waals surface area contributed by atoms with E-state index in [1.54, 1.807) is 11.1 Å². The van der Waals surface area contributed by atoms with Crippen LogP contribution in [0.15, 0.2) is 24.3 Å². The molecule has 0 N–H and O–H groups in total. The third kappa shape index (κ3) is 10.6. The van der Waals surface area contributed by atoms with Crippen LogP contribution in [-0.2, 0) is 25.2 Å². The van der Waals surface area contributed by atoms with Gasteiger partial charge in [-0.2, -0.15) is 0 Å². The molecule has 0 aliphatic heterocycles. The summed E-state index contributed by atoms with van der Waals surface area (Å²) in [6, 6.07) is 9.11. The van der Waals surface area contributed by atoms with Gasteiger partial charge in [-0.3, -0.25) is 0 Å². The van der Waals surface area contributed by atoms with Crippen LogP contribution in [0.2, 0.25) is 19.5 Å². The molecule has 0 aliphatic rings. The van der Waals surface area contributed by atoms with Gasteiger partial charge in [-0.15, -0.1) is 0 Å². The van der Waals surface area contributed by atoms with E-state index in [-0.39, 0.29) is 0 Å². The van der Waals surface area contributed by atoms with Crippen molar-refractivity contribution in [3.8, 4) is 0 Å². The SMILES string of the molecule is [CH3][Sb]([CH3])[CH2]c1ccccc1[CH2][Sb]([CH3])[CH3].[Cl][Pt][Cl]. The van der Waals surface area contributed by atoms with Crippen molar-refractivity contribution in [2.75, 3.05) is 0 Å². The van der Waals surface area contributed by atoms with Gasteiger partial charge >= 0.3 is 139 Å². The first-order valence-corrected chi connectivity index (χ1v) is 24.6. The van der Waals surface area contributed by atoms with Gasteiger partial charge in [0, 0.05) is 0 Å². The zero-order valence-electron chi connectivity index (χ0n) is 10.7. The van der Waals surface area contributed by atoms with Crippen molar-refractivity contribution in [1.29, 1.82) is 0 Å². The van der Waals surface area contributed by atoms with Crippen LogP contribution >= 0.6 is 18.8 Å². The normalized spacial score (nSPS) is 10.6. The number of hydrogen-bond donors (Lipinski definition) is 0. The molecule has 0 nitrogen and oxygen atoms in total. The quantitative estimate of drug-likeness (QED) is 0.406. The molecule has 1 aromatic rings. The molecular formula is C12H20Cl2PtSb2. The molecular weight excluding hydrogens is 654 g/mol. The molecule has 0 aromatic heterocycles. The van der Waals surface area contributed by atoms with Gasteiger partial charge in [0.25, 0.3) is 0 Å². The second-order valence-electron chi connectivity index (χ2n) is 4.29. The van der Waals surface area contributed by atoms with Crippen molar-refractivity contribution < 1.29 is 16.5 Å². The van der Waals surface area contributed by atoms with Crippen molar-refractivity contribution >= 4 is 59.3 Å². The second-order valence-corrected chi connectivity index (χ2v) is 21.7. The molecule has 102 valence electrons. The molecule has 0 heterocycles. The zero-order valence-corrected chi connectivity index (χ0v) is 19.6. The average Bonchev–Trinajstić information content (AvgIpc) is 2.20. The fraction of sp³-hybridized carbons (Fsp3) is 0.500. The zero-order chi connectivity index (χ0) is 13.3. The summed E-state index contributed by atoms with van der Waals surface area (Å²) in [6.45, 7) is 0. The number of halogens is 2. The van der Waals surface area contributed by atoms with Gasteiger partial charge < -0.3 is 0 Å². The second kappa shape index (κ2) is 11.9. The minimum atomic E-state index is -0.842. The number of benzene rings is 1. The Morgan fingerprint density at radius 2 is 1.18 bits per heavy atom. The Hall–Kier alpha value is 2.12. The fourth-order valence-corrected chi connectivity index (χ4v) is 7.20. The maximum atomic E-state index is 4.88. The summed E-state index contributed by atoms with van der Waals surface area (Å²) in [6.07, 6.45) is 0. The van der Waals surface area contributed by atoms with E-state index in [9.17, 15) is 0 Å². The molecule has 1 rings (SSSR count). The summed E-state index contributed by atoms with van der Waals surface area (Å²) in [5, 5.41) is 0. The minimum absolute atomic E-state index is 0.472. The number of hydrogen-bond acceptors (Lipinski definition) is 0. The molecule has 0 amide bonds. The van der Waals surface area contributed by atoms with Gasteiger partial charge in [-0.1, -0.05) is 0 Å². The van der Waals surface area contributed by atoms with Crippen LogP contribution in [0, 0.1) is 0 Å². The van der Waals surface area contributed by atoms with Gasteiger partial charge in [-0.25, -0.2) is 0 Å². The summed E-state index contributed by atoms with van der Waals surface area (Å²) in [7, 11) is 9.75. The van der Waals surface area contributed by atoms with Gasteiger partial charge in [-0.05, 0) is 0 Å². The van der Waals surface area contributed by atoms with Gasteiger partial charge in [0.15, 0.2) is 0 Å². The Kier molecular flexibility index (Phi) is 13.4. The molecule has 0 unspecified atom stereocenters. The van der Waals surface area contributed by atoms with E-state index in [1.165, 1.54) is 8.73 Å². The monoisotopic (exact) mass is 671 g/mol.